The Balaban J connectivity index is 1.29. The van der Waals surface area contributed by atoms with E-state index in [-0.39, 0.29) is 16.2 Å². The Morgan fingerprint density at radius 2 is 1.81 bits per heavy atom. The third-order valence-electron chi connectivity index (χ3n) is 6.49. The van der Waals surface area contributed by atoms with Gasteiger partial charge in [0, 0.05) is 57.0 Å². The summed E-state index contributed by atoms with van der Waals surface area (Å²) in [6.07, 6.45) is 2.97. The van der Waals surface area contributed by atoms with Crippen LogP contribution in [0.15, 0.2) is 59.4 Å². The van der Waals surface area contributed by atoms with Gasteiger partial charge in [-0.15, -0.1) is 0 Å². The number of nitrogens with one attached hydrogen (secondary N) is 1. The summed E-state index contributed by atoms with van der Waals surface area (Å²) in [5, 5.41) is 20.2. The van der Waals surface area contributed by atoms with Crippen molar-refractivity contribution >= 4 is 39.2 Å². The SMILES string of the molecule is CCCCc1nn2c(=O)cc(N3CCN(c4ccc([N+](=O)[O-])c(NCc5ccccc5)c4)CC3)nc2s1. The highest BCUT2D eigenvalue weighted by molar-refractivity contribution is 7.16. The van der Waals surface area contributed by atoms with Gasteiger partial charge in [0.2, 0.25) is 4.96 Å². The fraction of sp³-hybridized carbons (Fsp3) is 0.346. The molecule has 1 aliphatic heterocycles. The fourth-order valence-corrected chi connectivity index (χ4v) is 5.37. The van der Waals surface area contributed by atoms with Crippen LogP contribution in [0.25, 0.3) is 4.96 Å². The number of anilines is 3. The second kappa shape index (κ2) is 11.0. The molecule has 4 aromatic rings. The minimum absolute atomic E-state index is 0.0548. The topological polar surface area (TPSA) is 109 Å². The molecule has 2 aromatic heterocycles. The van der Waals surface area contributed by atoms with Crippen molar-refractivity contribution in [3.8, 4) is 0 Å². The quantitative estimate of drug-likeness (QED) is 0.257. The molecule has 10 nitrogen and oxygen atoms in total. The Labute approximate surface area is 218 Å². The molecule has 0 radical (unpaired) electrons. The molecule has 0 saturated carbocycles. The van der Waals surface area contributed by atoms with Gasteiger partial charge in [-0.1, -0.05) is 55.0 Å². The minimum Gasteiger partial charge on any atom is -0.375 e. The number of rotatable bonds is 9. The fourth-order valence-electron chi connectivity index (χ4n) is 4.44. The summed E-state index contributed by atoms with van der Waals surface area (Å²) in [6.45, 7) is 5.43. The van der Waals surface area contributed by atoms with Crippen LogP contribution >= 0.6 is 11.3 Å². The van der Waals surface area contributed by atoms with Crippen LogP contribution in [0.5, 0.6) is 0 Å². The van der Waals surface area contributed by atoms with E-state index in [2.05, 4.69) is 27.1 Å². The molecule has 1 fully saturated rings. The van der Waals surface area contributed by atoms with E-state index in [0.29, 0.717) is 49.2 Å². The van der Waals surface area contributed by atoms with E-state index in [9.17, 15) is 14.9 Å². The van der Waals surface area contributed by atoms with Crippen LogP contribution in [0.2, 0.25) is 0 Å². The number of hydrogen-bond acceptors (Lipinski definition) is 9. The van der Waals surface area contributed by atoms with Crippen molar-refractivity contribution in [2.24, 2.45) is 0 Å². The van der Waals surface area contributed by atoms with Crippen LogP contribution in [-0.4, -0.2) is 45.7 Å². The largest absolute Gasteiger partial charge is 0.375 e. The van der Waals surface area contributed by atoms with Gasteiger partial charge in [0.15, 0.2) is 0 Å². The number of aromatic nitrogens is 3. The molecule has 0 aliphatic carbocycles. The maximum Gasteiger partial charge on any atom is 0.292 e. The summed E-state index contributed by atoms with van der Waals surface area (Å²) in [5.74, 6) is 0.671. The van der Waals surface area contributed by atoms with Gasteiger partial charge in [0.05, 0.1) is 4.92 Å². The van der Waals surface area contributed by atoms with Crippen molar-refractivity contribution in [1.29, 1.82) is 0 Å². The first kappa shape index (κ1) is 24.7. The molecule has 11 heteroatoms. The lowest BCUT2D eigenvalue weighted by Crippen LogP contribution is -2.47. The van der Waals surface area contributed by atoms with Gasteiger partial charge in [-0.05, 0) is 24.1 Å². The van der Waals surface area contributed by atoms with Crippen molar-refractivity contribution in [3.05, 3.63) is 85.6 Å². The second-order valence-electron chi connectivity index (χ2n) is 9.02. The standard InChI is InChI=1S/C26H29N7O3S/c1-2-3-9-24-29-32-25(34)17-23(28-26(32)37-24)31-14-12-30(13-15-31)20-10-11-22(33(35)36)21(16-20)27-18-19-7-5-4-6-8-19/h4-8,10-11,16-17,27H,2-3,9,12-15,18H2,1H3. The minimum atomic E-state index is -0.359. The normalized spacial score (nSPS) is 13.8. The van der Waals surface area contributed by atoms with Crippen LogP contribution in [0.1, 0.15) is 30.3 Å². The molecule has 5 rings (SSSR count). The molecule has 0 atom stereocenters. The Morgan fingerprint density at radius 3 is 2.54 bits per heavy atom. The summed E-state index contributed by atoms with van der Waals surface area (Å²) >= 11 is 1.48. The van der Waals surface area contributed by atoms with Gasteiger partial charge in [0.1, 0.15) is 16.5 Å². The van der Waals surface area contributed by atoms with Crippen molar-refractivity contribution in [3.63, 3.8) is 0 Å². The molecule has 37 heavy (non-hydrogen) atoms. The monoisotopic (exact) mass is 519 g/mol. The number of piperazine rings is 1. The van der Waals surface area contributed by atoms with Gasteiger partial charge < -0.3 is 15.1 Å². The zero-order valence-corrected chi connectivity index (χ0v) is 21.5. The first-order valence-electron chi connectivity index (χ1n) is 12.5. The first-order chi connectivity index (χ1) is 18.0. The van der Waals surface area contributed by atoms with E-state index < -0.39 is 0 Å². The number of fused-ring (bicyclic) bond motifs is 1. The van der Waals surface area contributed by atoms with E-state index >= 15 is 0 Å². The van der Waals surface area contributed by atoms with Crippen molar-refractivity contribution in [2.45, 2.75) is 32.7 Å². The van der Waals surface area contributed by atoms with Gasteiger partial charge in [-0.2, -0.15) is 9.61 Å². The van der Waals surface area contributed by atoms with Gasteiger partial charge in [-0.25, -0.2) is 4.98 Å². The molecule has 3 heterocycles. The highest BCUT2D eigenvalue weighted by Gasteiger charge is 2.22. The Bertz CT molecular complexity index is 1450. The average Bonchev–Trinajstić information content (AvgIpc) is 3.35. The second-order valence-corrected chi connectivity index (χ2v) is 10.1. The number of nitro benzene ring substituents is 1. The zero-order chi connectivity index (χ0) is 25.8. The van der Waals surface area contributed by atoms with E-state index in [1.165, 1.54) is 15.9 Å². The first-order valence-corrected chi connectivity index (χ1v) is 13.3. The highest BCUT2D eigenvalue weighted by Crippen LogP contribution is 2.31. The lowest BCUT2D eigenvalue weighted by Gasteiger charge is -2.36. The van der Waals surface area contributed by atoms with Crippen LogP contribution < -0.4 is 20.7 Å². The molecule has 2 aromatic carbocycles. The maximum absolute atomic E-state index is 12.7. The average molecular weight is 520 g/mol. The van der Waals surface area contributed by atoms with Gasteiger partial charge in [-0.3, -0.25) is 14.9 Å². The Hall–Kier alpha value is -3.99. The van der Waals surface area contributed by atoms with E-state index in [0.717, 1.165) is 35.5 Å². The maximum atomic E-state index is 12.7. The Morgan fingerprint density at radius 1 is 1.05 bits per heavy atom. The van der Waals surface area contributed by atoms with E-state index in [4.69, 9.17) is 4.98 Å². The number of unbranched alkanes of at least 4 members (excludes halogenated alkanes) is 1. The molecule has 1 N–H and O–H groups in total. The van der Waals surface area contributed by atoms with Gasteiger partial charge >= 0.3 is 0 Å². The van der Waals surface area contributed by atoms with Crippen molar-refractivity contribution in [1.82, 2.24) is 14.6 Å². The molecule has 0 amide bonds. The summed E-state index contributed by atoms with van der Waals surface area (Å²) in [7, 11) is 0. The predicted octanol–water partition coefficient (Wildman–Crippen LogP) is 4.34. The summed E-state index contributed by atoms with van der Waals surface area (Å²) in [6, 6.07) is 16.6. The van der Waals surface area contributed by atoms with Crippen molar-refractivity contribution < 1.29 is 4.92 Å². The van der Waals surface area contributed by atoms with Crippen molar-refractivity contribution in [2.75, 3.05) is 41.3 Å². The summed E-state index contributed by atoms with van der Waals surface area (Å²) in [4.78, 5) is 33.6. The molecular weight excluding hydrogens is 490 g/mol. The molecule has 1 aliphatic rings. The van der Waals surface area contributed by atoms with Crippen LogP contribution in [-0.2, 0) is 13.0 Å². The Kier molecular flexibility index (Phi) is 7.31. The lowest BCUT2D eigenvalue weighted by molar-refractivity contribution is -0.384. The highest BCUT2D eigenvalue weighted by atomic mass is 32.1. The predicted molar refractivity (Wildman–Crippen MR) is 147 cm³/mol. The molecule has 1 saturated heterocycles. The molecular formula is C26H29N7O3S. The number of benzene rings is 2. The molecule has 0 bridgehead atoms. The number of hydrogen-bond donors (Lipinski definition) is 1. The van der Waals surface area contributed by atoms with E-state index in [1.807, 2.05) is 36.4 Å². The molecule has 0 spiro atoms. The third-order valence-corrected chi connectivity index (χ3v) is 7.46. The van der Waals surface area contributed by atoms with Crippen LogP contribution in [0, 0.1) is 10.1 Å². The smallest absolute Gasteiger partial charge is 0.292 e. The third kappa shape index (κ3) is 5.56. The van der Waals surface area contributed by atoms with Crippen LogP contribution in [0.4, 0.5) is 22.9 Å². The number of nitrogens with zero attached hydrogens (tertiary/aromatic N) is 6. The summed E-state index contributed by atoms with van der Waals surface area (Å²) < 4.78 is 1.40. The summed E-state index contributed by atoms with van der Waals surface area (Å²) in [5.41, 5.74) is 2.37. The van der Waals surface area contributed by atoms with E-state index in [1.54, 1.807) is 18.2 Å². The molecule has 192 valence electrons. The zero-order valence-electron chi connectivity index (χ0n) is 20.7. The molecule has 0 unspecified atom stereocenters. The van der Waals surface area contributed by atoms with Crippen LogP contribution in [0.3, 0.4) is 0 Å². The number of nitro groups is 1. The number of aryl methyl sites for hydroxylation is 1. The lowest BCUT2D eigenvalue weighted by atomic mass is 10.1. The van der Waals surface area contributed by atoms with Gasteiger partial charge in [0.25, 0.3) is 11.2 Å².